The molecule has 2 aromatic rings. The Morgan fingerprint density at radius 3 is 2.18 bits per heavy atom. The van der Waals surface area contributed by atoms with Gasteiger partial charge in [0.15, 0.2) is 0 Å². The summed E-state index contributed by atoms with van der Waals surface area (Å²) in [5.41, 5.74) is 2.89. The maximum Gasteiger partial charge on any atom is 0.322 e. The fourth-order valence-corrected chi connectivity index (χ4v) is 8.15. The van der Waals surface area contributed by atoms with Crippen LogP contribution in [0.3, 0.4) is 0 Å². The first-order chi connectivity index (χ1) is 21.7. The van der Waals surface area contributed by atoms with Crippen LogP contribution in [-0.4, -0.2) is 89.8 Å². The predicted molar refractivity (Wildman–Crippen MR) is 178 cm³/mol. The number of rotatable bonds is 7. The Kier molecular flexibility index (Phi) is 10.2. The number of nitrogens with one attached hydrogen (secondary N) is 1. The minimum absolute atomic E-state index is 0.00140. The number of urea groups is 1. The van der Waals surface area contributed by atoms with E-state index in [2.05, 4.69) is 17.3 Å². The molecule has 45 heavy (non-hydrogen) atoms. The summed E-state index contributed by atoms with van der Waals surface area (Å²) in [7, 11) is 2.20. The smallest absolute Gasteiger partial charge is 0.322 e. The van der Waals surface area contributed by atoms with Gasteiger partial charge >= 0.3 is 6.03 Å². The van der Waals surface area contributed by atoms with Crippen molar-refractivity contribution in [2.45, 2.75) is 64.0 Å². The Hall–Kier alpha value is -2.81. The van der Waals surface area contributed by atoms with Gasteiger partial charge in [-0.2, -0.15) is 0 Å². The molecule has 4 aliphatic heterocycles. The third-order valence-electron chi connectivity index (χ3n) is 10.6. The molecule has 3 saturated heterocycles. The first-order valence-electron chi connectivity index (χ1n) is 16.6. The summed E-state index contributed by atoms with van der Waals surface area (Å²) < 4.78 is 0. The molecule has 0 saturated carbocycles. The molecule has 0 aromatic heterocycles. The topological polar surface area (TPSA) is 76.2 Å². The van der Waals surface area contributed by atoms with Crippen LogP contribution >= 0.6 is 23.2 Å². The highest BCUT2D eigenvalue weighted by molar-refractivity contribution is 6.42. The predicted octanol–water partition coefficient (Wildman–Crippen LogP) is 6.16. The summed E-state index contributed by atoms with van der Waals surface area (Å²) in [6.07, 6.45) is 6.61. The SMILES string of the molecule is CN1CCC(C2CCN(C(=O)C(CC(=O)N3CCC(N4Cc5ccccc5NC4=O)CC3)Cc3ccc(Cl)c(Cl)c3)CC2)CC1. The Bertz CT molecular complexity index is 1380. The first kappa shape index (κ1) is 32.1. The van der Waals surface area contributed by atoms with Crippen LogP contribution in [-0.2, 0) is 22.6 Å². The van der Waals surface area contributed by atoms with Crippen molar-refractivity contribution in [2.75, 3.05) is 51.6 Å². The van der Waals surface area contributed by atoms with Gasteiger partial charge in [0.05, 0.1) is 16.0 Å². The second-order valence-corrected chi connectivity index (χ2v) is 14.3. The van der Waals surface area contributed by atoms with Gasteiger partial charge in [-0.1, -0.05) is 47.5 Å². The van der Waals surface area contributed by atoms with E-state index in [1.807, 2.05) is 51.1 Å². The molecule has 0 radical (unpaired) electrons. The lowest BCUT2D eigenvalue weighted by molar-refractivity contribution is -0.143. The number of likely N-dealkylation sites (tertiary alicyclic amines) is 3. The molecule has 3 fully saturated rings. The molecule has 1 atom stereocenters. The molecule has 1 N–H and O–H groups in total. The maximum absolute atomic E-state index is 14.0. The average Bonchev–Trinajstić information content (AvgIpc) is 3.06. The average molecular weight is 655 g/mol. The van der Waals surface area contributed by atoms with Crippen LogP contribution < -0.4 is 5.32 Å². The summed E-state index contributed by atoms with van der Waals surface area (Å²) >= 11 is 12.5. The summed E-state index contributed by atoms with van der Waals surface area (Å²) in [5.74, 6) is 1.03. The number of fused-ring (bicyclic) bond motifs is 1. The van der Waals surface area contributed by atoms with E-state index in [-0.39, 0.29) is 30.3 Å². The van der Waals surface area contributed by atoms with Crippen LogP contribution in [0.25, 0.3) is 0 Å². The molecule has 0 bridgehead atoms. The Morgan fingerprint density at radius 2 is 1.49 bits per heavy atom. The van der Waals surface area contributed by atoms with Crippen LogP contribution in [0.15, 0.2) is 42.5 Å². The fourth-order valence-electron chi connectivity index (χ4n) is 7.83. The van der Waals surface area contributed by atoms with Crippen molar-refractivity contribution in [1.82, 2.24) is 19.6 Å². The number of anilines is 1. The van der Waals surface area contributed by atoms with E-state index in [4.69, 9.17) is 23.2 Å². The van der Waals surface area contributed by atoms with E-state index in [0.717, 1.165) is 74.6 Å². The Morgan fingerprint density at radius 1 is 0.844 bits per heavy atom. The van der Waals surface area contributed by atoms with Gasteiger partial charge < -0.3 is 24.9 Å². The molecule has 8 nitrogen and oxygen atoms in total. The van der Waals surface area contributed by atoms with Crippen molar-refractivity contribution in [3.8, 4) is 0 Å². The van der Waals surface area contributed by atoms with E-state index in [9.17, 15) is 14.4 Å². The molecule has 4 amide bonds. The van der Waals surface area contributed by atoms with Gasteiger partial charge in [0.1, 0.15) is 0 Å². The zero-order chi connectivity index (χ0) is 31.5. The van der Waals surface area contributed by atoms with Gasteiger partial charge in [-0.25, -0.2) is 4.79 Å². The van der Waals surface area contributed by atoms with E-state index >= 15 is 0 Å². The Labute approximate surface area is 277 Å². The lowest BCUT2D eigenvalue weighted by Crippen LogP contribution is -2.51. The molecule has 242 valence electrons. The summed E-state index contributed by atoms with van der Waals surface area (Å²) in [5, 5.41) is 3.94. The number of halogens is 2. The minimum Gasteiger partial charge on any atom is -0.343 e. The molecule has 0 aliphatic carbocycles. The third-order valence-corrected chi connectivity index (χ3v) is 11.4. The lowest BCUT2D eigenvalue weighted by atomic mass is 9.78. The van der Waals surface area contributed by atoms with E-state index in [1.165, 1.54) is 12.8 Å². The fraction of sp³-hybridized carbons (Fsp3) is 0.571. The second-order valence-electron chi connectivity index (χ2n) is 13.5. The number of benzene rings is 2. The van der Waals surface area contributed by atoms with Crippen molar-refractivity contribution < 1.29 is 14.4 Å². The van der Waals surface area contributed by atoms with E-state index in [0.29, 0.717) is 42.0 Å². The van der Waals surface area contributed by atoms with Crippen molar-refractivity contribution in [3.63, 3.8) is 0 Å². The van der Waals surface area contributed by atoms with Crippen LogP contribution in [0.2, 0.25) is 10.0 Å². The van der Waals surface area contributed by atoms with Gasteiger partial charge in [0, 0.05) is 50.9 Å². The molecule has 6 rings (SSSR count). The minimum atomic E-state index is -0.461. The zero-order valence-electron chi connectivity index (χ0n) is 26.2. The van der Waals surface area contributed by atoms with Gasteiger partial charge in [-0.3, -0.25) is 9.59 Å². The highest BCUT2D eigenvalue weighted by atomic mass is 35.5. The largest absolute Gasteiger partial charge is 0.343 e. The standard InChI is InChI=1S/C35H45Cl2N5O3/c1-39-14-8-25(9-15-39)26-10-16-41(17-11-26)34(44)28(20-24-6-7-30(36)31(37)21-24)22-33(43)40-18-12-29(13-19-40)42-23-27-4-2-3-5-32(27)38-35(42)45/h2-7,21,25-26,28-29H,8-20,22-23H2,1H3,(H,38,45). The van der Waals surface area contributed by atoms with Crippen LogP contribution in [0.4, 0.5) is 10.5 Å². The third kappa shape index (κ3) is 7.61. The first-order valence-corrected chi connectivity index (χ1v) is 17.4. The molecule has 1 unspecified atom stereocenters. The highest BCUT2D eigenvalue weighted by Crippen LogP contribution is 2.34. The summed E-state index contributed by atoms with van der Waals surface area (Å²) in [6, 6.07) is 13.4. The number of hydrogen-bond acceptors (Lipinski definition) is 4. The normalized spacial score (nSPS) is 21.4. The van der Waals surface area contributed by atoms with Crippen LogP contribution in [0.5, 0.6) is 0 Å². The van der Waals surface area contributed by atoms with Gasteiger partial charge in [0.2, 0.25) is 11.8 Å². The van der Waals surface area contributed by atoms with E-state index in [1.54, 1.807) is 6.07 Å². The molecular weight excluding hydrogens is 609 g/mol. The molecule has 10 heteroatoms. The number of para-hydroxylation sites is 1. The van der Waals surface area contributed by atoms with E-state index < -0.39 is 5.92 Å². The van der Waals surface area contributed by atoms with Gasteiger partial charge in [-0.05, 0) is 106 Å². The number of piperidine rings is 3. The highest BCUT2D eigenvalue weighted by Gasteiger charge is 2.36. The van der Waals surface area contributed by atoms with Crippen molar-refractivity contribution in [1.29, 1.82) is 0 Å². The molecule has 2 aromatic carbocycles. The molecular formula is C35H45Cl2N5O3. The van der Waals surface area contributed by atoms with Gasteiger partial charge in [-0.15, -0.1) is 0 Å². The van der Waals surface area contributed by atoms with Gasteiger partial charge in [0.25, 0.3) is 0 Å². The monoisotopic (exact) mass is 653 g/mol. The van der Waals surface area contributed by atoms with Crippen molar-refractivity contribution >= 4 is 46.7 Å². The lowest BCUT2D eigenvalue weighted by Gasteiger charge is -2.41. The van der Waals surface area contributed by atoms with Crippen molar-refractivity contribution in [3.05, 3.63) is 63.6 Å². The zero-order valence-corrected chi connectivity index (χ0v) is 27.7. The summed E-state index contributed by atoms with van der Waals surface area (Å²) in [6.45, 7) is 5.56. The number of amides is 4. The molecule has 0 spiro atoms. The molecule has 4 aliphatic rings. The number of carbonyl (C=O) groups is 3. The maximum atomic E-state index is 14.0. The Balaban J connectivity index is 1.07. The second kappa shape index (κ2) is 14.3. The number of carbonyl (C=O) groups excluding carboxylic acids is 3. The van der Waals surface area contributed by atoms with Crippen LogP contribution in [0.1, 0.15) is 56.1 Å². The van der Waals surface area contributed by atoms with Crippen molar-refractivity contribution in [2.24, 2.45) is 17.8 Å². The number of hydrogen-bond donors (Lipinski definition) is 1. The number of nitrogens with zero attached hydrogens (tertiary/aromatic N) is 4. The molecule has 4 heterocycles. The quantitative estimate of drug-likeness (QED) is 0.388. The van der Waals surface area contributed by atoms with Crippen LogP contribution in [0, 0.1) is 17.8 Å². The summed E-state index contributed by atoms with van der Waals surface area (Å²) in [4.78, 5) is 48.8.